The Bertz CT molecular complexity index is 656. The molecule has 2 rings (SSSR count). The van der Waals surface area contributed by atoms with Crippen LogP contribution in [0, 0.1) is 5.82 Å². The first-order valence-corrected chi connectivity index (χ1v) is 6.57. The summed E-state index contributed by atoms with van der Waals surface area (Å²) in [5.41, 5.74) is 0.911. The molecule has 0 bridgehead atoms. The molecule has 0 saturated carbocycles. The van der Waals surface area contributed by atoms with Crippen LogP contribution in [0.3, 0.4) is 0 Å². The van der Waals surface area contributed by atoms with Gasteiger partial charge in [0.15, 0.2) is 5.78 Å². The Kier molecular flexibility index (Phi) is 4.63. The second-order valence-corrected chi connectivity index (χ2v) is 5.03. The Labute approximate surface area is 126 Å². The van der Waals surface area contributed by atoms with Gasteiger partial charge in [0.1, 0.15) is 11.6 Å². The zero-order valence-electron chi connectivity index (χ0n) is 10.6. The van der Waals surface area contributed by atoms with Gasteiger partial charge in [-0.1, -0.05) is 23.2 Å². The third-order valence-electron chi connectivity index (χ3n) is 2.84. The number of carbonyl (C=O) groups excluding carboxylic acids is 1. The minimum atomic E-state index is -0.615. The van der Waals surface area contributed by atoms with Gasteiger partial charge in [-0.25, -0.2) is 4.39 Å². The van der Waals surface area contributed by atoms with Crippen LogP contribution in [0.25, 0.3) is 0 Å². The first-order valence-electron chi connectivity index (χ1n) is 5.82. The van der Waals surface area contributed by atoms with Gasteiger partial charge in [0.2, 0.25) is 0 Å². The lowest BCUT2D eigenvalue weighted by atomic mass is 10.0. The summed E-state index contributed by atoms with van der Waals surface area (Å²) in [7, 11) is 1.51. The second-order valence-electron chi connectivity index (χ2n) is 4.19. The van der Waals surface area contributed by atoms with E-state index < -0.39 is 5.82 Å². The van der Waals surface area contributed by atoms with E-state index in [0.717, 1.165) is 6.07 Å². The van der Waals surface area contributed by atoms with Gasteiger partial charge >= 0.3 is 0 Å². The van der Waals surface area contributed by atoms with E-state index in [9.17, 15) is 9.18 Å². The van der Waals surface area contributed by atoms with Crippen molar-refractivity contribution in [2.45, 2.75) is 6.42 Å². The average molecular weight is 313 g/mol. The Morgan fingerprint density at radius 3 is 2.60 bits per heavy atom. The molecular weight excluding hydrogens is 302 g/mol. The van der Waals surface area contributed by atoms with Crippen molar-refractivity contribution in [3.63, 3.8) is 0 Å². The summed E-state index contributed by atoms with van der Waals surface area (Å²) in [6.45, 7) is 0. The number of hydrogen-bond acceptors (Lipinski definition) is 2. The smallest absolute Gasteiger partial charge is 0.167 e. The highest BCUT2D eigenvalue weighted by atomic mass is 35.5. The Hall–Kier alpha value is -1.58. The molecule has 0 atom stereocenters. The molecule has 0 spiro atoms. The van der Waals surface area contributed by atoms with Gasteiger partial charge < -0.3 is 4.74 Å². The minimum Gasteiger partial charge on any atom is -0.496 e. The highest BCUT2D eigenvalue weighted by Crippen LogP contribution is 2.24. The van der Waals surface area contributed by atoms with Crippen molar-refractivity contribution in [3.8, 4) is 5.75 Å². The maximum Gasteiger partial charge on any atom is 0.167 e. The number of methoxy groups -OCH3 is 1. The molecule has 0 unspecified atom stereocenters. The maximum absolute atomic E-state index is 13.4. The van der Waals surface area contributed by atoms with E-state index in [1.54, 1.807) is 18.2 Å². The van der Waals surface area contributed by atoms with E-state index in [2.05, 4.69) is 0 Å². The second kappa shape index (κ2) is 6.25. The van der Waals surface area contributed by atoms with Crippen molar-refractivity contribution < 1.29 is 13.9 Å². The molecule has 2 aromatic rings. The summed E-state index contributed by atoms with van der Waals surface area (Å²) in [6.07, 6.45) is 0.0742. The van der Waals surface area contributed by atoms with Crippen LogP contribution >= 0.6 is 23.2 Å². The molecule has 2 aromatic carbocycles. The lowest BCUT2D eigenvalue weighted by Gasteiger charge is -2.08. The predicted octanol–water partition coefficient (Wildman–Crippen LogP) is 4.57. The molecule has 0 radical (unpaired) electrons. The summed E-state index contributed by atoms with van der Waals surface area (Å²) >= 11 is 11.5. The zero-order valence-corrected chi connectivity index (χ0v) is 12.1. The van der Waals surface area contributed by atoms with Crippen molar-refractivity contribution in [3.05, 3.63) is 63.4 Å². The highest BCUT2D eigenvalue weighted by Gasteiger charge is 2.13. The molecule has 0 aromatic heterocycles. The van der Waals surface area contributed by atoms with Crippen LogP contribution in [0.1, 0.15) is 15.9 Å². The third-order valence-corrected chi connectivity index (χ3v) is 3.38. The number of benzene rings is 2. The molecule has 0 aliphatic rings. The minimum absolute atomic E-state index is 0.0121. The van der Waals surface area contributed by atoms with Crippen LogP contribution in [-0.2, 0) is 6.42 Å². The van der Waals surface area contributed by atoms with Crippen molar-refractivity contribution >= 4 is 29.0 Å². The topological polar surface area (TPSA) is 26.3 Å². The van der Waals surface area contributed by atoms with Crippen LogP contribution in [-0.4, -0.2) is 12.9 Å². The number of Topliss-reactive ketones (excluding diaryl/α,β-unsaturated/α-hetero) is 1. The summed E-state index contributed by atoms with van der Waals surface area (Å²) < 4.78 is 18.5. The largest absolute Gasteiger partial charge is 0.496 e. The quantitative estimate of drug-likeness (QED) is 0.773. The fraction of sp³-hybridized carbons (Fsp3) is 0.133. The number of halogens is 3. The predicted molar refractivity (Wildman–Crippen MR) is 77.4 cm³/mol. The molecule has 20 heavy (non-hydrogen) atoms. The van der Waals surface area contributed by atoms with Crippen LogP contribution < -0.4 is 4.74 Å². The molecule has 104 valence electrons. The fourth-order valence-corrected chi connectivity index (χ4v) is 2.14. The fourth-order valence-electron chi connectivity index (χ4n) is 1.83. The molecule has 5 heteroatoms. The zero-order chi connectivity index (χ0) is 14.7. The van der Waals surface area contributed by atoms with Gasteiger partial charge in [0, 0.05) is 22.6 Å². The summed E-state index contributed by atoms with van der Waals surface area (Å²) in [6, 6.07) is 9.00. The third kappa shape index (κ3) is 3.30. The van der Waals surface area contributed by atoms with E-state index in [1.807, 2.05) is 0 Å². The monoisotopic (exact) mass is 312 g/mol. The van der Waals surface area contributed by atoms with E-state index in [0.29, 0.717) is 16.3 Å². The molecule has 0 aliphatic carbocycles. The lowest BCUT2D eigenvalue weighted by molar-refractivity contribution is 0.0991. The SMILES string of the molecule is COc1ccc(Cl)cc1CC(=O)c1ccc(Cl)c(F)c1. The number of ketones is 1. The van der Waals surface area contributed by atoms with Crippen LogP contribution in [0.4, 0.5) is 4.39 Å². The number of hydrogen-bond donors (Lipinski definition) is 0. The lowest BCUT2D eigenvalue weighted by Crippen LogP contribution is -2.05. The first kappa shape index (κ1) is 14.8. The summed E-state index contributed by atoms with van der Waals surface area (Å²) in [4.78, 5) is 12.1. The van der Waals surface area contributed by atoms with Gasteiger partial charge in [-0.2, -0.15) is 0 Å². The van der Waals surface area contributed by atoms with Gasteiger partial charge in [-0.05, 0) is 36.4 Å². The molecule has 0 fully saturated rings. The Morgan fingerprint density at radius 1 is 1.20 bits per heavy atom. The normalized spacial score (nSPS) is 10.4. The van der Waals surface area contributed by atoms with Crippen molar-refractivity contribution in [2.24, 2.45) is 0 Å². The van der Waals surface area contributed by atoms with E-state index >= 15 is 0 Å². The Morgan fingerprint density at radius 2 is 1.95 bits per heavy atom. The van der Waals surface area contributed by atoms with Crippen molar-refractivity contribution in [1.82, 2.24) is 0 Å². The van der Waals surface area contributed by atoms with E-state index in [4.69, 9.17) is 27.9 Å². The van der Waals surface area contributed by atoms with Crippen LogP contribution in [0.2, 0.25) is 10.0 Å². The molecule has 0 amide bonds. The molecular formula is C15H11Cl2FO2. The standard InChI is InChI=1S/C15H11Cl2FO2/c1-20-15-5-3-11(16)6-10(15)8-14(19)9-2-4-12(17)13(18)7-9/h2-7H,8H2,1H3. The van der Waals surface area contributed by atoms with E-state index in [-0.39, 0.29) is 22.8 Å². The van der Waals surface area contributed by atoms with Gasteiger partial charge in [-0.15, -0.1) is 0 Å². The molecule has 2 nitrogen and oxygen atoms in total. The summed E-state index contributed by atoms with van der Waals surface area (Å²) in [5, 5.41) is 0.498. The number of ether oxygens (including phenoxy) is 1. The van der Waals surface area contributed by atoms with Crippen LogP contribution in [0.5, 0.6) is 5.75 Å². The summed E-state index contributed by atoms with van der Waals surface area (Å²) in [5.74, 6) is -0.283. The van der Waals surface area contributed by atoms with Gasteiger partial charge in [-0.3, -0.25) is 4.79 Å². The molecule has 0 heterocycles. The van der Waals surface area contributed by atoms with Crippen molar-refractivity contribution in [2.75, 3.05) is 7.11 Å². The number of rotatable bonds is 4. The van der Waals surface area contributed by atoms with Gasteiger partial charge in [0.25, 0.3) is 0 Å². The molecule has 0 N–H and O–H groups in total. The highest BCUT2D eigenvalue weighted by molar-refractivity contribution is 6.31. The number of carbonyl (C=O) groups is 1. The first-order chi connectivity index (χ1) is 9.51. The van der Waals surface area contributed by atoms with Gasteiger partial charge in [0.05, 0.1) is 12.1 Å². The Balaban J connectivity index is 2.27. The maximum atomic E-state index is 13.4. The van der Waals surface area contributed by atoms with Crippen LogP contribution in [0.15, 0.2) is 36.4 Å². The van der Waals surface area contributed by atoms with Crippen molar-refractivity contribution in [1.29, 1.82) is 0 Å². The average Bonchev–Trinajstić information content (AvgIpc) is 2.42. The molecule has 0 saturated heterocycles. The molecule has 0 aliphatic heterocycles. The van der Waals surface area contributed by atoms with E-state index in [1.165, 1.54) is 19.2 Å².